The zero-order valence-corrected chi connectivity index (χ0v) is 13.2. The molecule has 3 atom stereocenters. The fourth-order valence-corrected chi connectivity index (χ4v) is 4.30. The van der Waals surface area contributed by atoms with Crippen molar-refractivity contribution in [1.82, 2.24) is 4.90 Å². The Morgan fingerprint density at radius 3 is 2.52 bits per heavy atom. The van der Waals surface area contributed by atoms with Gasteiger partial charge in [0.25, 0.3) is 5.91 Å². The van der Waals surface area contributed by atoms with Gasteiger partial charge in [-0.25, -0.2) is 0 Å². The third kappa shape index (κ3) is 2.87. The van der Waals surface area contributed by atoms with Gasteiger partial charge in [-0.2, -0.15) is 8.78 Å². The molecule has 3 unspecified atom stereocenters. The lowest BCUT2D eigenvalue weighted by atomic mass is 9.89. The highest BCUT2D eigenvalue weighted by Gasteiger charge is 2.61. The first-order valence-corrected chi connectivity index (χ1v) is 8.54. The molecule has 0 aromatic rings. The van der Waals surface area contributed by atoms with Gasteiger partial charge in [-0.15, -0.1) is 0 Å². The zero-order chi connectivity index (χ0) is 16.7. The second-order valence-electron chi connectivity index (χ2n) is 7.12. The molecular formula is C16H25F2NO4. The number of nitrogens with zero attached hydrogens (tertiary/aromatic N) is 1. The van der Waals surface area contributed by atoms with E-state index >= 15 is 0 Å². The average Bonchev–Trinajstić information content (AvgIpc) is 3.16. The summed E-state index contributed by atoms with van der Waals surface area (Å²) in [5.74, 6) is -5.33. The van der Waals surface area contributed by atoms with Crippen LogP contribution in [0.2, 0.25) is 0 Å². The molecule has 2 aliphatic carbocycles. The van der Waals surface area contributed by atoms with E-state index in [2.05, 4.69) is 0 Å². The fraction of sp³-hybridized carbons (Fsp3) is 0.938. The topological polar surface area (TPSA) is 70.0 Å². The SMILES string of the molecule is O=C(N1CCOCC1C1CCCC1O)C(F)(F)C1(O)CCCC1. The lowest BCUT2D eigenvalue weighted by molar-refractivity contribution is -0.208. The molecular weight excluding hydrogens is 308 g/mol. The number of ether oxygens (including phenoxy) is 1. The first kappa shape index (κ1) is 17.0. The Bertz CT molecular complexity index is 453. The molecule has 3 rings (SSSR count). The Morgan fingerprint density at radius 1 is 1.22 bits per heavy atom. The number of hydrogen-bond donors (Lipinski definition) is 2. The molecule has 0 bridgehead atoms. The van der Waals surface area contributed by atoms with Crippen molar-refractivity contribution in [2.24, 2.45) is 5.92 Å². The summed E-state index contributed by atoms with van der Waals surface area (Å²) < 4.78 is 34.8. The van der Waals surface area contributed by atoms with E-state index in [0.717, 1.165) is 11.3 Å². The van der Waals surface area contributed by atoms with Crippen LogP contribution in [-0.4, -0.2) is 64.4 Å². The summed E-state index contributed by atoms with van der Waals surface area (Å²) in [6.45, 7) is 0.458. The molecule has 2 N–H and O–H groups in total. The monoisotopic (exact) mass is 333 g/mol. The van der Waals surface area contributed by atoms with Crippen LogP contribution in [0.3, 0.4) is 0 Å². The maximum Gasteiger partial charge on any atom is 0.352 e. The van der Waals surface area contributed by atoms with E-state index in [9.17, 15) is 23.8 Å². The number of carbonyl (C=O) groups excluding carboxylic acids is 1. The molecule has 1 amide bonds. The molecule has 7 heteroatoms. The van der Waals surface area contributed by atoms with Crippen molar-refractivity contribution in [3.8, 4) is 0 Å². The lowest BCUT2D eigenvalue weighted by Crippen LogP contribution is -2.63. The third-order valence-corrected chi connectivity index (χ3v) is 5.74. The van der Waals surface area contributed by atoms with Gasteiger partial charge in [0, 0.05) is 12.5 Å². The lowest BCUT2D eigenvalue weighted by Gasteiger charge is -2.43. The Balaban J connectivity index is 1.80. The number of aliphatic hydroxyl groups excluding tert-OH is 1. The van der Waals surface area contributed by atoms with Gasteiger partial charge in [0.2, 0.25) is 0 Å². The number of hydrogen-bond acceptors (Lipinski definition) is 4. The van der Waals surface area contributed by atoms with Gasteiger partial charge in [0.05, 0.1) is 25.4 Å². The minimum absolute atomic E-state index is 0.0488. The van der Waals surface area contributed by atoms with Gasteiger partial charge in [0.15, 0.2) is 0 Å². The highest BCUT2D eigenvalue weighted by Crippen LogP contribution is 2.44. The second-order valence-corrected chi connectivity index (χ2v) is 7.12. The molecule has 23 heavy (non-hydrogen) atoms. The molecule has 0 aromatic heterocycles. The van der Waals surface area contributed by atoms with Crippen LogP contribution in [0.15, 0.2) is 0 Å². The van der Waals surface area contributed by atoms with E-state index < -0.39 is 29.6 Å². The molecule has 132 valence electrons. The molecule has 1 heterocycles. The van der Waals surface area contributed by atoms with E-state index in [1.165, 1.54) is 0 Å². The summed E-state index contributed by atoms with van der Waals surface area (Å²) >= 11 is 0. The minimum atomic E-state index is -3.79. The summed E-state index contributed by atoms with van der Waals surface area (Å²) in [4.78, 5) is 13.7. The van der Waals surface area contributed by atoms with Crippen molar-refractivity contribution in [2.45, 2.75) is 68.6 Å². The molecule has 3 aliphatic rings. The Kier molecular flexibility index (Phi) is 4.64. The maximum atomic E-state index is 14.7. The van der Waals surface area contributed by atoms with Gasteiger partial charge in [0.1, 0.15) is 5.60 Å². The van der Waals surface area contributed by atoms with E-state index in [4.69, 9.17) is 4.74 Å². The van der Waals surface area contributed by atoms with Crippen molar-refractivity contribution in [3.63, 3.8) is 0 Å². The van der Waals surface area contributed by atoms with Crippen LogP contribution >= 0.6 is 0 Å². The van der Waals surface area contributed by atoms with Crippen molar-refractivity contribution < 1.29 is 28.5 Å². The van der Waals surface area contributed by atoms with Crippen molar-refractivity contribution in [2.75, 3.05) is 19.8 Å². The number of alkyl halides is 2. The summed E-state index contributed by atoms with van der Waals surface area (Å²) in [7, 11) is 0. The number of rotatable bonds is 3. The quantitative estimate of drug-likeness (QED) is 0.817. The molecule has 0 aromatic carbocycles. The number of amides is 1. The molecule has 1 aliphatic heterocycles. The number of aliphatic hydroxyl groups is 2. The first-order chi connectivity index (χ1) is 10.9. The second kappa shape index (κ2) is 6.26. The summed E-state index contributed by atoms with van der Waals surface area (Å²) in [6, 6.07) is -0.537. The van der Waals surface area contributed by atoms with Crippen molar-refractivity contribution in [3.05, 3.63) is 0 Å². The summed E-state index contributed by atoms with van der Waals surface area (Å²) in [5.41, 5.74) is -2.23. The van der Waals surface area contributed by atoms with Gasteiger partial charge in [-0.3, -0.25) is 4.79 Å². The highest BCUT2D eigenvalue weighted by atomic mass is 19.3. The van der Waals surface area contributed by atoms with Crippen molar-refractivity contribution in [1.29, 1.82) is 0 Å². The fourth-order valence-electron chi connectivity index (χ4n) is 4.30. The Hall–Kier alpha value is -0.790. The van der Waals surface area contributed by atoms with Crippen LogP contribution in [0.25, 0.3) is 0 Å². The highest BCUT2D eigenvalue weighted by molar-refractivity contribution is 5.85. The van der Waals surface area contributed by atoms with Crippen LogP contribution in [-0.2, 0) is 9.53 Å². The largest absolute Gasteiger partial charge is 0.393 e. The Labute approximate surface area is 134 Å². The van der Waals surface area contributed by atoms with E-state index in [1.807, 2.05) is 0 Å². The van der Waals surface area contributed by atoms with E-state index in [-0.39, 0.29) is 38.5 Å². The molecule has 1 saturated heterocycles. The van der Waals surface area contributed by atoms with Gasteiger partial charge < -0.3 is 19.8 Å². The van der Waals surface area contributed by atoms with Crippen LogP contribution in [0, 0.1) is 5.92 Å². The average molecular weight is 333 g/mol. The third-order valence-electron chi connectivity index (χ3n) is 5.74. The number of halogens is 2. The standard InChI is InChI=1S/C16H25F2NO4/c17-16(18,15(22)6-1-2-7-15)14(21)19-8-9-23-10-12(19)11-4-3-5-13(11)20/h11-13,20,22H,1-10H2. The van der Waals surface area contributed by atoms with E-state index in [1.54, 1.807) is 0 Å². The molecule has 3 fully saturated rings. The maximum absolute atomic E-state index is 14.7. The summed E-state index contributed by atoms with van der Waals surface area (Å²) in [5, 5.41) is 20.3. The number of carbonyl (C=O) groups is 1. The molecule has 5 nitrogen and oxygen atoms in total. The number of morpholine rings is 1. The van der Waals surface area contributed by atoms with Crippen molar-refractivity contribution >= 4 is 5.91 Å². The predicted octanol–water partition coefficient (Wildman–Crippen LogP) is 1.32. The Morgan fingerprint density at radius 2 is 1.91 bits per heavy atom. The van der Waals surface area contributed by atoms with Crippen LogP contribution < -0.4 is 0 Å². The summed E-state index contributed by atoms with van der Waals surface area (Å²) in [6.07, 6.45) is 2.49. The zero-order valence-electron chi connectivity index (χ0n) is 13.2. The minimum Gasteiger partial charge on any atom is -0.393 e. The van der Waals surface area contributed by atoms with Crippen LogP contribution in [0.4, 0.5) is 8.78 Å². The smallest absolute Gasteiger partial charge is 0.352 e. The normalized spacial score (nSPS) is 34.8. The molecule has 0 radical (unpaired) electrons. The molecule has 0 spiro atoms. The van der Waals surface area contributed by atoms with Gasteiger partial charge in [-0.05, 0) is 25.7 Å². The molecule has 2 saturated carbocycles. The van der Waals surface area contributed by atoms with Crippen LogP contribution in [0.5, 0.6) is 0 Å². The van der Waals surface area contributed by atoms with Gasteiger partial charge in [-0.1, -0.05) is 19.3 Å². The van der Waals surface area contributed by atoms with Crippen LogP contribution in [0.1, 0.15) is 44.9 Å². The van der Waals surface area contributed by atoms with E-state index in [0.29, 0.717) is 25.7 Å². The van der Waals surface area contributed by atoms with Gasteiger partial charge >= 0.3 is 5.92 Å². The first-order valence-electron chi connectivity index (χ1n) is 8.54. The predicted molar refractivity (Wildman–Crippen MR) is 78.0 cm³/mol.